The molecule has 0 spiro atoms. The minimum atomic E-state index is 1.18. The minimum Gasteiger partial charge on any atom is -0.301 e. The fourth-order valence-corrected chi connectivity index (χ4v) is 5.04. The second-order valence-corrected chi connectivity index (χ2v) is 7.99. The summed E-state index contributed by atoms with van der Waals surface area (Å²) in [4.78, 5) is 2.37. The maximum atomic E-state index is 2.37. The van der Waals surface area contributed by atoms with E-state index >= 15 is 0 Å². The highest BCUT2D eigenvalue weighted by Gasteiger charge is 2.18. The molecule has 1 nitrogen and oxygen atoms in total. The summed E-state index contributed by atoms with van der Waals surface area (Å²) in [6.45, 7) is 0. The van der Waals surface area contributed by atoms with Gasteiger partial charge in [0, 0.05) is 11.1 Å². The Labute approximate surface area is 167 Å². The highest BCUT2D eigenvalue weighted by atomic mass is 32.1. The zero-order chi connectivity index (χ0) is 18.5. The van der Waals surface area contributed by atoms with Gasteiger partial charge in [-0.3, -0.25) is 0 Å². The molecule has 0 fully saturated rings. The Morgan fingerprint density at radius 3 is 2.00 bits per heavy atom. The predicted molar refractivity (Wildman–Crippen MR) is 123 cm³/mol. The van der Waals surface area contributed by atoms with Gasteiger partial charge < -0.3 is 4.90 Å². The van der Waals surface area contributed by atoms with Gasteiger partial charge in [-0.1, -0.05) is 66.7 Å². The van der Waals surface area contributed by atoms with Crippen LogP contribution in [0.15, 0.2) is 102 Å². The molecule has 0 radical (unpaired) electrons. The van der Waals surface area contributed by atoms with Crippen molar-refractivity contribution in [1.82, 2.24) is 0 Å². The van der Waals surface area contributed by atoms with Crippen LogP contribution in [-0.4, -0.2) is 0 Å². The molecule has 0 saturated carbocycles. The summed E-state index contributed by atoms with van der Waals surface area (Å²) < 4.78 is 0. The van der Waals surface area contributed by atoms with Crippen LogP contribution in [0.25, 0.3) is 32.3 Å². The second kappa shape index (κ2) is 6.08. The van der Waals surface area contributed by atoms with E-state index in [2.05, 4.69) is 107 Å². The van der Waals surface area contributed by atoms with E-state index in [4.69, 9.17) is 0 Å². The molecule has 0 aliphatic rings. The fourth-order valence-electron chi connectivity index (χ4n) is 4.27. The van der Waals surface area contributed by atoms with Crippen molar-refractivity contribution >= 4 is 60.0 Å². The van der Waals surface area contributed by atoms with Gasteiger partial charge in [0.2, 0.25) is 0 Å². The van der Waals surface area contributed by atoms with Crippen molar-refractivity contribution in [2.45, 2.75) is 0 Å². The molecule has 132 valence electrons. The molecule has 0 unspecified atom stereocenters. The number of para-hydroxylation sites is 1. The van der Waals surface area contributed by atoms with Crippen molar-refractivity contribution in [2.24, 2.45) is 0 Å². The van der Waals surface area contributed by atoms with Crippen LogP contribution >= 0.6 is 11.3 Å². The first-order valence-electron chi connectivity index (χ1n) is 9.45. The third kappa shape index (κ3) is 2.25. The summed E-state index contributed by atoms with van der Waals surface area (Å²) in [6.07, 6.45) is 0. The summed E-state index contributed by atoms with van der Waals surface area (Å²) in [7, 11) is 0. The Bertz CT molecular complexity index is 1390. The van der Waals surface area contributed by atoms with Crippen LogP contribution in [-0.2, 0) is 0 Å². The zero-order valence-corrected chi connectivity index (χ0v) is 16.0. The van der Waals surface area contributed by atoms with Gasteiger partial charge in [0.05, 0.1) is 10.7 Å². The third-order valence-corrected chi connectivity index (χ3v) is 6.34. The van der Waals surface area contributed by atoms with E-state index in [0.717, 1.165) is 0 Å². The van der Waals surface area contributed by atoms with E-state index in [0.29, 0.717) is 0 Å². The Hall–Kier alpha value is -3.36. The molecule has 2 heteroatoms. The van der Waals surface area contributed by atoms with Gasteiger partial charge in [-0.05, 0) is 62.6 Å². The minimum absolute atomic E-state index is 1.18. The van der Waals surface area contributed by atoms with Gasteiger partial charge in [0.25, 0.3) is 0 Å². The van der Waals surface area contributed by atoms with Gasteiger partial charge in [-0.15, -0.1) is 11.3 Å². The second-order valence-electron chi connectivity index (χ2n) is 7.06. The summed E-state index contributed by atoms with van der Waals surface area (Å²) in [5.41, 5.74) is 2.40. The molecule has 0 aliphatic carbocycles. The van der Waals surface area contributed by atoms with Gasteiger partial charge in [-0.2, -0.15) is 0 Å². The SMILES string of the molecule is c1ccc(N(c2cccs2)c2ccc3ccc4cccc5ccc2c3c45)cc1. The normalized spacial score (nSPS) is 11.6. The van der Waals surface area contributed by atoms with Gasteiger partial charge >= 0.3 is 0 Å². The number of anilines is 3. The molecule has 0 aliphatic heterocycles. The van der Waals surface area contributed by atoms with Crippen LogP contribution in [0.1, 0.15) is 0 Å². The van der Waals surface area contributed by atoms with Gasteiger partial charge in [-0.25, -0.2) is 0 Å². The molecule has 1 aromatic heterocycles. The molecule has 28 heavy (non-hydrogen) atoms. The summed E-state index contributed by atoms with van der Waals surface area (Å²) in [5.74, 6) is 0. The van der Waals surface area contributed by atoms with Crippen molar-refractivity contribution < 1.29 is 0 Å². The van der Waals surface area contributed by atoms with Crippen LogP contribution in [0.4, 0.5) is 16.4 Å². The number of rotatable bonds is 3. The molecular weight excluding hydrogens is 358 g/mol. The first-order valence-corrected chi connectivity index (χ1v) is 10.3. The highest BCUT2D eigenvalue weighted by Crippen LogP contribution is 2.44. The molecule has 1 heterocycles. The zero-order valence-electron chi connectivity index (χ0n) is 15.2. The lowest BCUT2D eigenvalue weighted by atomic mass is 9.93. The van der Waals surface area contributed by atoms with Gasteiger partial charge in [0.1, 0.15) is 0 Å². The van der Waals surface area contributed by atoms with E-state index in [1.165, 1.54) is 48.7 Å². The maximum absolute atomic E-state index is 2.37. The quantitative estimate of drug-likeness (QED) is 0.282. The van der Waals surface area contributed by atoms with Crippen LogP contribution in [0.2, 0.25) is 0 Å². The maximum Gasteiger partial charge on any atom is 0.0999 e. The Kier molecular flexibility index (Phi) is 3.40. The number of benzene rings is 5. The smallest absolute Gasteiger partial charge is 0.0999 e. The van der Waals surface area contributed by atoms with Crippen molar-refractivity contribution in [1.29, 1.82) is 0 Å². The standard InChI is InChI=1S/C26H17NS/c1-2-8-21(9-3-1)27(24-10-5-17-28-24)23-16-14-20-12-11-18-6-4-7-19-13-15-22(23)26(20)25(18)19/h1-17H. The summed E-state index contributed by atoms with van der Waals surface area (Å²) in [6, 6.07) is 35.0. The van der Waals surface area contributed by atoms with Crippen LogP contribution in [0, 0.1) is 0 Å². The summed E-state index contributed by atoms with van der Waals surface area (Å²) in [5, 5.41) is 11.3. The van der Waals surface area contributed by atoms with E-state index in [1.54, 1.807) is 11.3 Å². The highest BCUT2D eigenvalue weighted by molar-refractivity contribution is 7.14. The predicted octanol–water partition coefficient (Wildman–Crippen LogP) is 8.12. The van der Waals surface area contributed by atoms with Crippen LogP contribution < -0.4 is 4.90 Å². The van der Waals surface area contributed by atoms with Gasteiger partial charge in [0.15, 0.2) is 0 Å². The van der Waals surface area contributed by atoms with Crippen molar-refractivity contribution in [3.8, 4) is 0 Å². The molecule has 5 aromatic carbocycles. The molecular formula is C26H17NS. The van der Waals surface area contributed by atoms with E-state index in [9.17, 15) is 0 Å². The molecule has 0 bridgehead atoms. The fraction of sp³-hybridized carbons (Fsp3) is 0. The topological polar surface area (TPSA) is 3.24 Å². The number of hydrogen-bond acceptors (Lipinski definition) is 2. The average Bonchev–Trinajstić information content (AvgIpc) is 3.28. The first-order chi connectivity index (χ1) is 13.9. The van der Waals surface area contributed by atoms with Crippen molar-refractivity contribution in [3.63, 3.8) is 0 Å². The first kappa shape index (κ1) is 15.7. The molecule has 0 N–H and O–H groups in total. The number of thiophene rings is 1. The Morgan fingerprint density at radius 2 is 1.25 bits per heavy atom. The van der Waals surface area contributed by atoms with Crippen LogP contribution in [0.5, 0.6) is 0 Å². The number of nitrogens with zero attached hydrogens (tertiary/aromatic N) is 1. The van der Waals surface area contributed by atoms with Crippen molar-refractivity contribution in [3.05, 3.63) is 102 Å². The Morgan fingerprint density at radius 1 is 0.536 bits per heavy atom. The lowest BCUT2D eigenvalue weighted by molar-refractivity contribution is 1.34. The van der Waals surface area contributed by atoms with E-state index in [-0.39, 0.29) is 0 Å². The number of hydrogen-bond donors (Lipinski definition) is 0. The lowest BCUT2D eigenvalue weighted by Gasteiger charge is -2.26. The summed E-state index contributed by atoms with van der Waals surface area (Å²) >= 11 is 1.77. The molecule has 0 amide bonds. The Balaban J connectivity index is 1.73. The monoisotopic (exact) mass is 375 g/mol. The third-order valence-electron chi connectivity index (χ3n) is 5.49. The molecule has 6 rings (SSSR count). The van der Waals surface area contributed by atoms with Crippen LogP contribution in [0.3, 0.4) is 0 Å². The average molecular weight is 375 g/mol. The molecule has 6 aromatic rings. The van der Waals surface area contributed by atoms with Crippen molar-refractivity contribution in [2.75, 3.05) is 4.90 Å². The van der Waals surface area contributed by atoms with E-state index < -0.39 is 0 Å². The molecule has 0 saturated heterocycles. The van der Waals surface area contributed by atoms with E-state index in [1.807, 2.05) is 0 Å². The lowest BCUT2D eigenvalue weighted by Crippen LogP contribution is -2.08. The molecule has 0 atom stereocenters. The largest absolute Gasteiger partial charge is 0.301 e.